The van der Waals surface area contributed by atoms with Gasteiger partial charge in [0, 0.05) is 21.8 Å². The molecule has 0 aliphatic carbocycles. The van der Waals surface area contributed by atoms with Gasteiger partial charge in [-0.1, -0.05) is 48.0 Å². The Morgan fingerprint density at radius 2 is 1.41 bits per heavy atom. The van der Waals surface area contributed by atoms with Crippen LogP contribution in [0.2, 0.25) is 0 Å². The van der Waals surface area contributed by atoms with Gasteiger partial charge in [-0.3, -0.25) is 14.4 Å². The van der Waals surface area contributed by atoms with Crippen LogP contribution in [0.15, 0.2) is 114 Å². The van der Waals surface area contributed by atoms with E-state index in [1.54, 1.807) is 54.6 Å². The van der Waals surface area contributed by atoms with Gasteiger partial charge in [-0.25, -0.2) is 0 Å². The summed E-state index contributed by atoms with van der Waals surface area (Å²) in [5.74, 6) is 0.0211. The number of ether oxygens (including phenoxy) is 1. The first-order valence-corrected chi connectivity index (χ1v) is 14.1. The minimum Gasteiger partial charge on any atom is -0.494 e. The molecule has 0 aliphatic rings. The average molecular weight is 566 g/mol. The van der Waals surface area contributed by atoms with Crippen LogP contribution in [-0.4, -0.2) is 30.1 Å². The van der Waals surface area contributed by atoms with E-state index < -0.39 is 5.91 Å². The minimum absolute atomic E-state index is 0.118. The lowest BCUT2D eigenvalue weighted by Crippen LogP contribution is -2.30. The summed E-state index contributed by atoms with van der Waals surface area (Å²) in [6, 6.07) is 30.8. The second-order valence-electron chi connectivity index (χ2n) is 9.06. The van der Waals surface area contributed by atoms with Gasteiger partial charge < -0.3 is 20.7 Å². The zero-order valence-corrected chi connectivity index (χ0v) is 23.7. The van der Waals surface area contributed by atoms with Crippen LogP contribution in [0, 0.1) is 6.92 Å². The number of aryl methyl sites for hydroxylation is 1. The van der Waals surface area contributed by atoms with Crippen molar-refractivity contribution in [3.05, 3.63) is 126 Å². The highest BCUT2D eigenvalue weighted by atomic mass is 32.2. The van der Waals surface area contributed by atoms with Crippen LogP contribution in [0.1, 0.15) is 28.4 Å². The van der Waals surface area contributed by atoms with E-state index in [9.17, 15) is 14.4 Å². The predicted octanol–water partition coefficient (Wildman–Crippen LogP) is 6.53. The molecule has 41 heavy (non-hydrogen) atoms. The molecule has 4 aromatic rings. The van der Waals surface area contributed by atoms with Gasteiger partial charge in [-0.05, 0) is 86.2 Å². The van der Waals surface area contributed by atoms with Crippen molar-refractivity contribution in [3.8, 4) is 5.75 Å². The normalized spacial score (nSPS) is 10.9. The second-order valence-corrected chi connectivity index (χ2v) is 10.1. The minimum atomic E-state index is -0.454. The fourth-order valence-corrected chi connectivity index (χ4v) is 4.45. The number of anilines is 2. The summed E-state index contributed by atoms with van der Waals surface area (Å²) < 4.78 is 5.42. The molecule has 0 saturated carbocycles. The van der Waals surface area contributed by atoms with Crippen molar-refractivity contribution in [3.63, 3.8) is 0 Å². The molecular weight excluding hydrogens is 534 g/mol. The van der Waals surface area contributed by atoms with Gasteiger partial charge in [0.1, 0.15) is 11.4 Å². The number of hydrogen-bond acceptors (Lipinski definition) is 5. The van der Waals surface area contributed by atoms with E-state index in [4.69, 9.17) is 4.74 Å². The molecule has 0 saturated heterocycles. The summed E-state index contributed by atoms with van der Waals surface area (Å²) in [6.07, 6.45) is 1.64. The van der Waals surface area contributed by atoms with Crippen molar-refractivity contribution in [2.45, 2.75) is 18.7 Å². The first-order chi connectivity index (χ1) is 19.9. The molecule has 0 unspecified atom stereocenters. The fourth-order valence-electron chi connectivity index (χ4n) is 3.75. The number of thioether (sulfide) groups is 1. The van der Waals surface area contributed by atoms with Gasteiger partial charge in [0.15, 0.2) is 0 Å². The van der Waals surface area contributed by atoms with Crippen LogP contribution in [0.3, 0.4) is 0 Å². The summed E-state index contributed by atoms with van der Waals surface area (Å²) >= 11 is 1.38. The zero-order valence-electron chi connectivity index (χ0n) is 22.8. The molecule has 208 valence electrons. The molecule has 4 rings (SSSR count). The van der Waals surface area contributed by atoms with Gasteiger partial charge in [-0.2, -0.15) is 0 Å². The fraction of sp³-hybridized carbons (Fsp3) is 0.121. The Labute approximate surface area is 244 Å². The Morgan fingerprint density at radius 3 is 2.07 bits per heavy atom. The molecule has 8 heteroatoms. The SMILES string of the molecule is CCOc1ccc(NC(=O)CSc2ccc(NC(=O)/C(=C/c3ccc(C)cc3)NC(=O)c3ccccc3)cc2)cc1. The molecule has 0 aliphatic heterocycles. The lowest BCUT2D eigenvalue weighted by molar-refractivity contribution is -0.114. The third-order valence-electron chi connectivity index (χ3n) is 5.85. The van der Waals surface area contributed by atoms with E-state index in [0.717, 1.165) is 21.8 Å². The zero-order chi connectivity index (χ0) is 29.0. The summed E-state index contributed by atoms with van der Waals surface area (Å²) in [5, 5.41) is 8.46. The Hall–Kier alpha value is -4.82. The van der Waals surface area contributed by atoms with E-state index in [1.165, 1.54) is 11.8 Å². The summed E-state index contributed by atoms with van der Waals surface area (Å²) in [5.41, 5.74) is 3.69. The average Bonchev–Trinajstić information content (AvgIpc) is 2.99. The summed E-state index contributed by atoms with van der Waals surface area (Å²) in [6.45, 7) is 4.48. The lowest BCUT2D eigenvalue weighted by Gasteiger charge is -2.12. The maximum atomic E-state index is 13.2. The molecule has 3 amide bonds. The van der Waals surface area contributed by atoms with Crippen molar-refractivity contribution in [1.29, 1.82) is 0 Å². The highest BCUT2D eigenvalue weighted by Gasteiger charge is 2.15. The second kappa shape index (κ2) is 14.5. The standard InChI is InChI=1S/C33H31N3O4S/c1-3-40-28-17-13-26(14-18-28)34-31(37)22-41-29-19-15-27(16-20-29)35-33(39)30(21-24-11-9-23(2)10-12-24)36-32(38)25-7-5-4-6-8-25/h4-21H,3,22H2,1-2H3,(H,34,37)(H,35,39)(H,36,38)/b30-21-. The smallest absolute Gasteiger partial charge is 0.272 e. The summed E-state index contributed by atoms with van der Waals surface area (Å²) in [7, 11) is 0. The number of rotatable bonds is 11. The number of nitrogens with one attached hydrogen (secondary N) is 3. The third-order valence-corrected chi connectivity index (χ3v) is 6.86. The summed E-state index contributed by atoms with van der Waals surface area (Å²) in [4.78, 5) is 39.3. The maximum Gasteiger partial charge on any atom is 0.272 e. The Morgan fingerprint density at radius 1 is 0.780 bits per heavy atom. The molecule has 0 aromatic heterocycles. The topological polar surface area (TPSA) is 96.5 Å². The largest absolute Gasteiger partial charge is 0.494 e. The Kier molecular flexibility index (Phi) is 10.3. The number of amides is 3. The number of hydrogen-bond donors (Lipinski definition) is 3. The third kappa shape index (κ3) is 9.12. The van der Waals surface area contributed by atoms with Gasteiger partial charge in [0.05, 0.1) is 12.4 Å². The van der Waals surface area contributed by atoms with Crippen molar-refractivity contribution >= 4 is 46.9 Å². The lowest BCUT2D eigenvalue weighted by atomic mass is 10.1. The number of carbonyl (C=O) groups excluding carboxylic acids is 3. The van der Waals surface area contributed by atoms with Gasteiger partial charge in [0.25, 0.3) is 11.8 Å². The molecule has 0 bridgehead atoms. The van der Waals surface area contributed by atoms with E-state index in [0.29, 0.717) is 23.5 Å². The molecule has 0 radical (unpaired) electrons. The van der Waals surface area contributed by atoms with Gasteiger partial charge in [0.2, 0.25) is 5.91 Å². The molecule has 0 atom stereocenters. The molecule has 0 heterocycles. The van der Waals surface area contributed by atoms with Crippen LogP contribution in [0.5, 0.6) is 5.75 Å². The predicted molar refractivity (Wildman–Crippen MR) is 165 cm³/mol. The quantitative estimate of drug-likeness (QED) is 0.142. The Balaban J connectivity index is 1.36. The van der Waals surface area contributed by atoms with E-state index in [-0.39, 0.29) is 23.3 Å². The highest BCUT2D eigenvalue weighted by Crippen LogP contribution is 2.22. The van der Waals surface area contributed by atoms with Gasteiger partial charge >= 0.3 is 0 Å². The van der Waals surface area contributed by atoms with Crippen LogP contribution in [0.25, 0.3) is 6.08 Å². The van der Waals surface area contributed by atoms with Crippen molar-refractivity contribution in [2.24, 2.45) is 0 Å². The van der Waals surface area contributed by atoms with Crippen LogP contribution < -0.4 is 20.7 Å². The van der Waals surface area contributed by atoms with Gasteiger partial charge in [-0.15, -0.1) is 11.8 Å². The van der Waals surface area contributed by atoms with Crippen LogP contribution in [-0.2, 0) is 9.59 Å². The highest BCUT2D eigenvalue weighted by molar-refractivity contribution is 8.00. The van der Waals surface area contributed by atoms with E-state index >= 15 is 0 Å². The molecular formula is C33H31N3O4S. The monoisotopic (exact) mass is 565 g/mol. The van der Waals surface area contributed by atoms with E-state index in [2.05, 4.69) is 16.0 Å². The maximum absolute atomic E-state index is 13.2. The number of carbonyl (C=O) groups is 3. The molecule has 7 nitrogen and oxygen atoms in total. The molecule has 0 fully saturated rings. The van der Waals surface area contributed by atoms with Crippen molar-refractivity contribution in [2.75, 3.05) is 23.0 Å². The van der Waals surface area contributed by atoms with Crippen LogP contribution >= 0.6 is 11.8 Å². The van der Waals surface area contributed by atoms with Crippen molar-refractivity contribution in [1.82, 2.24) is 5.32 Å². The number of benzene rings is 4. The molecule has 0 spiro atoms. The first kappa shape index (κ1) is 29.2. The Bertz CT molecular complexity index is 1500. The molecule has 4 aromatic carbocycles. The van der Waals surface area contributed by atoms with Crippen LogP contribution in [0.4, 0.5) is 11.4 Å². The first-order valence-electron chi connectivity index (χ1n) is 13.1. The van der Waals surface area contributed by atoms with E-state index in [1.807, 2.05) is 68.4 Å². The molecule has 3 N–H and O–H groups in total. The van der Waals surface area contributed by atoms with Crippen molar-refractivity contribution < 1.29 is 19.1 Å².